The molecule has 0 aromatic rings. The van der Waals surface area contributed by atoms with E-state index in [4.69, 9.17) is 17.2 Å². The van der Waals surface area contributed by atoms with Crippen LogP contribution in [0.3, 0.4) is 0 Å². The number of hydrogen-bond acceptors (Lipinski definition) is 3. The highest BCUT2D eigenvalue weighted by atomic mass is 14.6. The second kappa shape index (κ2) is 16.0. The first kappa shape index (κ1) is 10.6. The van der Waals surface area contributed by atoms with Gasteiger partial charge >= 0.3 is 0 Å². The third-order valence-electron chi connectivity index (χ3n) is 0.333. The van der Waals surface area contributed by atoms with E-state index in [1.165, 1.54) is 0 Å². The van der Waals surface area contributed by atoms with E-state index < -0.39 is 0 Å². The van der Waals surface area contributed by atoms with Crippen molar-refractivity contribution in [2.45, 2.75) is 0 Å². The Hall–Kier alpha value is -0.380. The van der Waals surface area contributed by atoms with Crippen LogP contribution in [0.15, 0.2) is 12.7 Å². The first-order chi connectivity index (χ1) is 3.83. The van der Waals surface area contributed by atoms with E-state index in [9.17, 15) is 0 Å². The van der Waals surface area contributed by atoms with Gasteiger partial charge in [0.25, 0.3) is 0 Å². The van der Waals surface area contributed by atoms with Crippen LogP contribution in [0.5, 0.6) is 0 Å². The van der Waals surface area contributed by atoms with Crippen LogP contribution in [0.2, 0.25) is 0 Å². The molecule has 3 heteroatoms. The Kier molecular flexibility index (Phi) is 21.1. The molecule has 0 rings (SSSR count). The Morgan fingerprint density at radius 3 is 1.38 bits per heavy atom. The highest BCUT2D eigenvalue weighted by Crippen LogP contribution is 1.40. The maximum atomic E-state index is 4.91. The zero-order valence-corrected chi connectivity index (χ0v) is 5.14. The molecule has 0 heterocycles. The lowest BCUT2D eigenvalue weighted by atomic mass is 10.7. The van der Waals surface area contributed by atoms with E-state index >= 15 is 0 Å². The molecule has 0 saturated carbocycles. The minimum absolute atomic E-state index is 0.583. The van der Waals surface area contributed by atoms with Crippen molar-refractivity contribution in [3.8, 4) is 0 Å². The molecule has 0 unspecified atom stereocenters. The fourth-order valence-electron chi connectivity index (χ4n) is 0. The zero-order valence-electron chi connectivity index (χ0n) is 5.14. The van der Waals surface area contributed by atoms with Crippen LogP contribution in [0.25, 0.3) is 0 Å². The topological polar surface area (TPSA) is 78.1 Å². The van der Waals surface area contributed by atoms with Crippen LogP contribution < -0.4 is 17.2 Å². The van der Waals surface area contributed by atoms with Crippen molar-refractivity contribution in [1.29, 1.82) is 0 Å². The maximum absolute atomic E-state index is 4.91. The SMILES string of the molecule is C=CCN.NCCN. The summed E-state index contributed by atoms with van der Waals surface area (Å²) in [6.07, 6.45) is 1.65. The quantitative estimate of drug-likeness (QED) is 0.407. The number of nitrogens with two attached hydrogens (primary N) is 3. The first-order valence-corrected chi connectivity index (χ1v) is 2.54. The standard InChI is InChI=1S/C3H7N.C2H8N2/c1-2-3-4;3-1-2-4/h2H,1,3-4H2;1-4H2. The highest BCUT2D eigenvalue weighted by molar-refractivity contribution is 4.64. The molecule has 50 valence electrons. The molecule has 0 aliphatic carbocycles. The molecule has 0 atom stereocenters. The molecule has 0 fully saturated rings. The van der Waals surface area contributed by atoms with E-state index in [1.54, 1.807) is 6.08 Å². The van der Waals surface area contributed by atoms with E-state index in [1.807, 2.05) is 0 Å². The second-order valence-electron chi connectivity index (χ2n) is 1.10. The minimum Gasteiger partial charge on any atom is -0.329 e. The summed E-state index contributed by atoms with van der Waals surface area (Å²) in [6, 6.07) is 0. The van der Waals surface area contributed by atoms with Gasteiger partial charge in [0.2, 0.25) is 0 Å². The van der Waals surface area contributed by atoms with Crippen LogP contribution >= 0.6 is 0 Å². The van der Waals surface area contributed by atoms with Gasteiger partial charge in [-0.1, -0.05) is 6.08 Å². The third-order valence-corrected chi connectivity index (χ3v) is 0.333. The summed E-state index contributed by atoms with van der Waals surface area (Å²) in [4.78, 5) is 0. The Morgan fingerprint density at radius 1 is 1.12 bits per heavy atom. The lowest BCUT2D eigenvalue weighted by Crippen LogP contribution is -2.11. The Balaban J connectivity index is 0. The van der Waals surface area contributed by atoms with Crippen LogP contribution in [0.4, 0.5) is 0 Å². The molecule has 6 N–H and O–H groups in total. The monoisotopic (exact) mass is 117 g/mol. The highest BCUT2D eigenvalue weighted by Gasteiger charge is 1.54. The summed E-state index contributed by atoms with van der Waals surface area (Å²) < 4.78 is 0. The van der Waals surface area contributed by atoms with Gasteiger partial charge < -0.3 is 17.2 Å². The summed E-state index contributed by atoms with van der Waals surface area (Å²) in [6.45, 7) is 5.13. The molecule has 0 spiro atoms. The Bertz CT molecular complexity index is 34.7. The molecule has 0 aromatic carbocycles. The second-order valence-corrected chi connectivity index (χ2v) is 1.10. The summed E-state index contributed by atoms with van der Waals surface area (Å²) >= 11 is 0. The van der Waals surface area contributed by atoms with Crippen LogP contribution in [-0.4, -0.2) is 19.6 Å². The van der Waals surface area contributed by atoms with Gasteiger partial charge in [-0.2, -0.15) is 0 Å². The fourth-order valence-corrected chi connectivity index (χ4v) is 0. The lowest BCUT2D eigenvalue weighted by Gasteiger charge is -1.72. The minimum atomic E-state index is 0.583. The van der Waals surface area contributed by atoms with Gasteiger partial charge in [-0.25, -0.2) is 0 Å². The zero-order chi connectivity index (χ0) is 6.83. The molecule has 0 bridgehead atoms. The van der Waals surface area contributed by atoms with Gasteiger partial charge in [0.1, 0.15) is 0 Å². The number of rotatable bonds is 2. The summed E-state index contributed by atoms with van der Waals surface area (Å²) in [5.41, 5.74) is 14.7. The van der Waals surface area contributed by atoms with E-state index in [2.05, 4.69) is 6.58 Å². The van der Waals surface area contributed by atoms with E-state index in [0.29, 0.717) is 19.6 Å². The number of hydrogen-bond donors (Lipinski definition) is 3. The van der Waals surface area contributed by atoms with Crippen molar-refractivity contribution in [3.05, 3.63) is 12.7 Å². The molecule has 0 amide bonds. The van der Waals surface area contributed by atoms with Crippen LogP contribution in [0.1, 0.15) is 0 Å². The van der Waals surface area contributed by atoms with E-state index in [-0.39, 0.29) is 0 Å². The van der Waals surface area contributed by atoms with Gasteiger partial charge in [0, 0.05) is 19.6 Å². The molecule has 0 radical (unpaired) electrons. The summed E-state index contributed by atoms with van der Waals surface area (Å²) in [5.74, 6) is 0. The van der Waals surface area contributed by atoms with Gasteiger partial charge in [0.05, 0.1) is 0 Å². The van der Waals surface area contributed by atoms with Gasteiger partial charge in [-0.3, -0.25) is 0 Å². The predicted molar refractivity (Wildman–Crippen MR) is 37.4 cm³/mol. The third kappa shape index (κ3) is 45.7. The van der Waals surface area contributed by atoms with Crippen molar-refractivity contribution >= 4 is 0 Å². The average molecular weight is 117 g/mol. The molecule has 0 aromatic heterocycles. The predicted octanol–water partition coefficient (Wildman–Crippen LogP) is -0.965. The molecule has 0 aliphatic rings. The Morgan fingerprint density at radius 2 is 1.38 bits per heavy atom. The summed E-state index contributed by atoms with van der Waals surface area (Å²) in [5, 5.41) is 0. The average Bonchev–Trinajstić information content (AvgIpc) is 1.88. The van der Waals surface area contributed by atoms with Crippen molar-refractivity contribution in [3.63, 3.8) is 0 Å². The van der Waals surface area contributed by atoms with Gasteiger partial charge in [-0.05, 0) is 0 Å². The van der Waals surface area contributed by atoms with E-state index in [0.717, 1.165) is 0 Å². The molecular formula is C5H15N3. The van der Waals surface area contributed by atoms with Crippen molar-refractivity contribution in [2.24, 2.45) is 17.2 Å². The largest absolute Gasteiger partial charge is 0.329 e. The first-order valence-electron chi connectivity index (χ1n) is 2.54. The van der Waals surface area contributed by atoms with Gasteiger partial charge in [-0.15, -0.1) is 6.58 Å². The van der Waals surface area contributed by atoms with Crippen LogP contribution in [0, 0.1) is 0 Å². The smallest absolute Gasteiger partial charge is 0.0104 e. The van der Waals surface area contributed by atoms with Crippen molar-refractivity contribution < 1.29 is 0 Å². The Labute approximate surface area is 50.5 Å². The molecule has 0 aliphatic heterocycles. The van der Waals surface area contributed by atoms with Crippen molar-refractivity contribution in [1.82, 2.24) is 0 Å². The van der Waals surface area contributed by atoms with Crippen molar-refractivity contribution in [2.75, 3.05) is 19.6 Å². The molecule has 8 heavy (non-hydrogen) atoms. The van der Waals surface area contributed by atoms with Gasteiger partial charge in [0.15, 0.2) is 0 Å². The lowest BCUT2D eigenvalue weighted by molar-refractivity contribution is 0.976. The molecule has 3 nitrogen and oxygen atoms in total. The molecular weight excluding hydrogens is 102 g/mol. The van der Waals surface area contributed by atoms with Crippen LogP contribution in [-0.2, 0) is 0 Å². The fraction of sp³-hybridized carbons (Fsp3) is 0.600. The maximum Gasteiger partial charge on any atom is 0.0104 e. The summed E-state index contributed by atoms with van der Waals surface area (Å²) in [7, 11) is 0. The normalized spacial score (nSPS) is 6.88. The molecule has 0 saturated heterocycles.